The number of allylic oxidation sites excluding steroid dienone is 1. The lowest BCUT2D eigenvalue weighted by molar-refractivity contribution is -0.272. The van der Waals surface area contributed by atoms with Gasteiger partial charge >= 0.3 is 0 Å². The summed E-state index contributed by atoms with van der Waals surface area (Å²) in [6.45, 7) is 10.2. The third-order valence-corrected chi connectivity index (χ3v) is 10.4. The lowest BCUT2D eigenvalue weighted by Crippen LogP contribution is -2.74. The molecule has 1 aliphatic heterocycles. The van der Waals surface area contributed by atoms with Crippen molar-refractivity contribution in [1.82, 2.24) is 4.98 Å². The van der Waals surface area contributed by atoms with Crippen molar-refractivity contribution in [2.24, 2.45) is 11.3 Å². The second-order valence-corrected chi connectivity index (χ2v) is 11.9. The molecule has 7 atom stereocenters. The van der Waals surface area contributed by atoms with Crippen molar-refractivity contribution in [3.05, 3.63) is 47.2 Å². The molecule has 1 saturated heterocycles. The monoisotopic (exact) mass is 465 g/mol. The Labute approximate surface area is 200 Å². The molecule has 6 rings (SSSR count). The first-order valence-electron chi connectivity index (χ1n) is 12.5. The van der Waals surface area contributed by atoms with Gasteiger partial charge in [0, 0.05) is 39.4 Å². The summed E-state index contributed by atoms with van der Waals surface area (Å²) in [5, 5.41) is 25.5. The zero-order chi connectivity index (χ0) is 24.3. The number of nitrogens with one attached hydrogen (secondary N) is 1. The number of carbonyl (C=O) groups is 1. The molecule has 6 nitrogen and oxygen atoms in total. The lowest BCUT2D eigenvalue weighted by Gasteiger charge is -2.66. The van der Waals surface area contributed by atoms with Crippen LogP contribution in [0.4, 0.5) is 0 Å². The number of aliphatic hydroxyl groups excluding tert-OH is 1. The van der Waals surface area contributed by atoms with Gasteiger partial charge < -0.3 is 24.7 Å². The number of carbonyl (C=O) groups excluding carboxylic acids is 1. The average molecular weight is 466 g/mol. The molecular formula is C28H35NO5. The Morgan fingerprint density at radius 2 is 1.88 bits per heavy atom. The minimum absolute atomic E-state index is 0.172. The predicted molar refractivity (Wildman–Crippen MR) is 128 cm³/mol. The molecule has 0 bridgehead atoms. The number of H-pyrrole nitrogens is 1. The van der Waals surface area contributed by atoms with Crippen LogP contribution in [0.2, 0.25) is 0 Å². The third-order valence-electron chi connectivity index (χ3n) is 10.4. The van der Waals surface area contributed by atoms with E-state index in [0.717, 1.165) is 17.6 Å². The van der Waals surface area contributed by atoms with Crippen LogP contribution in [0, 0.1) is 11.3 Å². The Balaban J connectivity index is 1.57. The van der Waals surface area contributed by atoms with E-state index in [1.807, 2.05) is 26.8 Å². The number of aliphatic hydroxyl groups is 2. The summed E-state index contributed by atoms with van der Waals surface area (Å²) in [5.41, 5.74) is 0.430. The molecule has 6 heteroatoms. The maximum Gasteiger partial charge on any atom is 0.195 e. The highest BCUT2D eigenvalue weighted by molar-refractivity contribution is 5.86. The molecule has 2 saturated carbocycles. The highest BCUT2D eigenvalue weighted by Gasteiger charge is 2.76. The van der Waals surface area contributed by atoms with Crippen LogP contribution in [0.5, 0.6) is 0 Å². The van der Waals surface area contributed by atoms with Crippen LogP contribution in [-0.2, 0) is 26.1 Å². The summed E-state index contributed by atoms with van der Waals surface area (Å²) < 4.78 is 12.9. The molecule has 3 fully saturated rings. The van der Waals surface area contributed by atoms with Crippen LogP contribution < -0.4 is 0 Å². The quantitative estimate of drug-likeness (QED) is 0.439. The molecule has 0 radical (unpaired) electrons. The first-order chi connectivity index (χ1) is 15.9. The van der Waals surface area contributed by atoms with Gasteiger partial charge in [-0.05, 0) is 63.7 Å². The number of fused-ring (bicyclic) bond motifs is 7. The van der Waals surface area contributed by atoms with E-state index < -0.39 is 33.9 Å². The molecule has 34 heavy (non-hydrogen) atoms. The molecule has 1 aromatic carbocycles. The van der Waals surface area contributed by atoms with Crippen molar-refractivity contribution in [1.29, 1.82) is 0 Å². The number of aldehydes is 1. The fourth-order valence-electron chi connectivity index (χ4n) is 8.04. The van der Waals surface area contributed by atoms with Gasteiger partial charge in [0.15, 0.2) is 5.79 Å². The second kappa shape index (κ2) is 6.61. The summed E-state index contributed by atoms with van der Waals surface area (Å²) >= 11 is 0. The van der Waals surface area contributed by atoms with Gasteiger partial charge in [-0.25, -0.2) is 0 Å². The van der Waals surface area contributed by atoms with E-state index in [4.69, 9.17) is 9.47 Å². The smallest absolute Gasteiger partial charge is 0.195 e. The number of para-hydroxylation sites is 1. The summed E-state index contributed by atoms with van der Waals surface area (Å²) in [6.07, 6.45) is 3.18. The van der Waals surface area contributed by atoms with Crippen LogP contribution in [-0.4, -0.2) is 50.7 Å². The van der Waals surface area contributed by atoms with E-state index in [1.54, 1.807) is 0 Å². The van der Waals surface area contributed by atoms with Gasteiger partial charge in [-0.2, -0.15) is 0 Å². The lowest BCUT2D eigenvalue weighted by atomic mass is 9.41. The molecule has 182 valence electrons. The van der Waals surface area contributed by atoms with E-state index in [0.29, 0.717) is 31.1 Å². The normalized spacial score (nSPS) is 46.0. The first-order valence-corrected chi connectivity index (χ1v) is 12.5. The number of benzene rings is 1. The molecule has 3 aliphatic carbocycles. The number of ether oxygens (including phenoxy) is 2. The summed E-state index contributed by atoms with van der Waals surface area (Å²) in [4.78, 5) is 15.6. The zero-order valence-corrected chi connectivity index (χ0v) is 20.6. The minimum Gasteiger partial charge on any atom is -0.390 e. The number of aromatic amines is 1. The second-order valence-electron chi connectivity index (χ2n) is 11.9. The third kappa shape index (κ3) is 2.33. The van der Waals surface area contributed by atoms with Crippen molar-refractivity contribution in [3.8, 4) is 0 Å². The summed E-state index contributed by atoms with van der Waals surface area (Å²) in [5.74, 6) is -1.06. The van der Waals surface area contributed by atoms with Gasteiger partial charge in [0.2, 0.25) is 0 Å². The number of aromatic nitrogens is 1. The largest absolute Gasteiger partial charge is 0.390 e. The molecule has 3 N–H and O–H groups in total. The van der Waals surface area contributed by atoms with Gasteiger partial charge in [0.1, 0.15) is 11.9 Å². The fraction of sp³-hybridized carbons (Fsp3) is 0.607. The van der Waals surface area contributed by atoms with E-state index in [2.05, 4.69) is 37.0 Å². The molecule has 1 aromatic heterocycles. The predicted octanol–water partition coefficient (Wildman–Crippen LogP) is 3.93. The van der Waals surface area contributed by atoms with E-state index in [9.17, 15) is 15.0 Å². The van der Waals surface area contributed by atoms with E-state index >= 15 is 0 Å². The highest BCUT2D eigenvalue weighted by Crippen LogP contribution is 2.71. The van der Waals surface area contributed by atoms with Gasteiger partial charge in [0.05, 0.1) is 17.8 Å². The van der Waals surface area contributed by atoms with Crippen molar-refractivity contribution in [3.63, 3.8) is 0 Å². The number of hydrogen-bond acceptors (Lipinski definition) is 5. The Kier molecular flexibility index (Phi) is 4.37. The maximum atomic E-state index is 12.7. The highest BCUT2D eigenvalue weighted by atomic mass is 16.8. The van der Waals surface area contributed by atoms with Crippen molar-refractivity contribution >= 4 is 17.2 Å². The molecule has 4 aliphatic rings. The molecule has 0 amide bonds. The Morgan fingerprint density at radius 3 is 2.56 bits per heavy atom. The minimum atomic E-state index is -1.68. The topological polar surface area (TPSA) is 91.8 Å². The zero-order valence-electron chi connectivity index (χ0n) is 20.6. The van der Waals surface area contributed by atoms with Crippen LogP contribution in [0.3, 0.4) is 0 Å². The number of rotatable bonds is 1. The van der Waals surface area contributed by atoms with Gasteiger partial charge in [-0.1, -0.05) is 32.0 Å². The maximum absolute atomic E-state index is 12.7. The van der Waals surface area contributed by atoms with Crippen molar-refractivity contribution in [2.45, 2.75) is 94.9 Å². The number of hydrogen-bond donors (Lipinski definition) is 3. The van der Waals surface area contributed by atoms with Gasteiger partial charge in [0.25, 0.3) is 0 Å². The van der Waals surface area contributed by atoms with Crippen LogP contribution in [0.1, 0.15) is 65.1 Å². The average Bonchev–Trinajstić information content (AvgIpc) is 3.36. The molecule has 1 spiro atoms. The van der Waals surface area contributed by atoms with Crippen molar-refractivity contribution in [2.75, 3.05) is 0 Å². The van der Waals surface area contributed by atoms with E-state index in [-0.39, 0.29) is 12.0 Å². The van der Waals surface area contributed by atoms with Crippen molar-refractivity contribution < 1.29 is 24.5 Å². The van der Waals surface area contributed by atoms with Crippen LogP contribution >= 0.6 is 0 Å². The Morgan fingerprint density at radius 1 is 1.15 bits per heavy atom. The van der Waals surface area contributed by atoms with Gasteiger partial charge in [-0.15, -0.1) is 0 Å². The van der Waals surface area contributed by atoms with Gasteiger partial charge in [-0.3, -0.25) is 4.79 Å². The first kappa shape index (κ1) is 22.5. The Hall–Kier alpha value is -1.99. The molecule has 1 unspecified atom stereocenters. The Bertz CT molecular complexity index is 1230. The van der Waals surface area contributed by atoms with Crippen LogP contribution in [0.25, 0.3) is 10.9 Å². The van der Waals surface area contributed by atoms with Crippen LogP contribution in [0.15, 0.2) is 35.9 Å². The molecular weight excluding hydrogens is 430 g/mol. The summed E-state index contributed by atoms with van der Waals surface area (Å²) in [6, 6.07) is 8.33. The SMILES string of the molecule is CC1O[C@@]2(CC[C@]3(C)[C@@]4(C)c5[nH]c6ccccc6c5C[C@@H]4C[C@H](O)[C@@]3(O)/C2=C/C=O)OC1(C)C. The van der Waals surface area contributed by atoms with E-state index in [1.165, 1.54) is 17.0 Å². The standard InChI is InChI=1S/C28H35NO5/c1-16-24(2,3)34-27(33-16)12-11-25(4)26(5)17(15-22(31)28(25,32)21(27)10-13-30)14-19-18-8-6-7-9-20(18)29-23(19)26/h6-10,13,16-17,22,29,31-32H,11-12,14-15H2,1-5H3/b21-10+/t16?,17-,22+,25-,26-,27+,28+/m1/s1. The summed E-state index contributed by atoms with van der Waals surface area (Å²) in [7, 11) is 0. The molecule has 2 heterocycles. The molecule has 2 aromatic rings. The fourth-order valence-corrected chi connectivity index (χ4v) is 8.04.